The number of halogens is 2. The summed E-state index contributed by atoms with van der Waals surface area (Å²) < 4.78 is 1.96. The SMILES string of the molecule is CCc1ccc(-n2c(SCC(=O)Nc3ccc(Cl)cc3)nnc2-c2ccc(Cl)cc2)cc1. The minimum Gasteiger partial charge on any atom is -0.325 e. The molecule has 0 radical (unpaired) electrons. The largest absolute Gasteiger partial charge is 0.325 e. The number of anilines is 1. The first-order valence-corrected chi connectivity index (χ1v) is 11.8. The number of hydrogen-bond acceptors (Lipinski definition) is 4. The first-order chi connectivity index (χ1) is 15.5. The Balaban J connectivity index is 1.60. The van der Waals surface area contributed by atoms with Gasteiger partial charge in [-0.3, -0.25) is 9.36 Å². The molecule has 0 unspecified atom stereocenters. The van der Waals surface area contributed by atoms with Crippen molar-refractivity contribution in [3.63, 3.8) is 0 Å². The zero-order valence-electron chi connectivity index (χ0n) is 17.3. The van der Waals surface area contributed by atoms with Crippen molar-refractivity contribution in [1.82, 2.24) is 14.8 Å². The number of hydrogen-bond donors (Lipinski definition) is 1. The van der Waals surface area contributed by atoms with E-state index in [1.165, 1.54) is 17.3 Å². The lowest BCUT2D eigenvalue weighted by molar-refractivity contribution is -0.113. The molecule has 8 heteroatoms. The minimum atomic E-state index is -0.138. The molecule has 4 rings (SSSR count). The van der Waals surface area contributed by atoms with Gasteiger partial charge in [-0.1, -0.05) is 54.0 Å². The van der Waals surface area contributed by atoms with E-state index in [-0.39, 0.29) is 11.7 Å². The normalized spacial score (nSPS) is 10.8. The minimum absolute atomic E-state index is 0.138. The third-order valence-electron chi connectivity index (χ3n) is 4.80. The molecule has 162 valence electrons. The summed E-state index contributed by atoms with van der Waals surface area (Å²) in [4.78, 5) is 12.5. The van der Waals surface area contributed by atoms with Crippen molar-refractivity contribution in [2.24, 2.45) is 0 Å². The molecule has 32 heavy (non-hydrogen) atoms. The maximum atomic E-state index is 12.5. The lowest BCUT2D eigenvalue weighted by Crippen LogP contribution is -2.14. The predicted molar refractivity (Wildman–Crippen MR) is 132 cm³/mol. The smallest absolute Gasteiger partial charge is 0.234 e. The maximum Gasteiger partial charge on any atom is 0.234 e. The van der Waals surface area contributed by atoms with Gasteiger partial charge in [-0.25, -0.2) is 0 Å². The molecule has 0 aliphatic heterocycles. The van der Waals surface area contributed by atoms with Crippen LogP contribution >= 0.6 is 35.0 Å². The molecular weight excluding hydrogens is 463 g/mol. The Labute approximate surface area is 200 Å². The van der Waals surface area contributed by atoms with E-state index in [1.54, 1.807) is 24.3 Å². The molecule has 5 nitrogen and oxygen atoms in total. The van der Waals surface area contributed by atoms with Gasteiger partial charge in [0.15, 0.2) is 11.0 Å². The van der Waals surface area contributed by atoms with E-state index >= 15 is 0 Å². The van der Waals surface area contributed by atoms with E-state index < -0.39 is 0 Å². The zero-order valence-corrected chi connectivity index (χ0v) is 19.6. The molecule has 1 heterocycles. The standard InChI is InChI=1S/C24H20Cl2N4OS/c1-2-16-3-13-21(14-4-16)30-23(17-5-7-18(25)8-6-17)28-29-24(30)32-15-22(31)27-20-11-9-19(26)10-12-20/h3-14H,2,15H2,1H3,(H,27,31). The van der Waals surface area contributed by atoms with Crippen molar-refractivity contribution in [3.8, 4) is 17.1 Å². The van der Waals surface area contributed by atoms with Crippen LogP contribution in [0.15, 0.2) is 78.0 Å². The number of aryl methyl sites for hydroxylation is 1. The Morgan fingerprint density at radius 2 is 1.53 bits per heavy atom. The van der Waals surface area contributed by atoms with Crippen molar-refractivity contribution >= 4 is 46.6 Å². The van der Waals surface area contributed by atoms with Crippen LogP contribution in [0.2, 0.25) is 10.0 Å². The van der Waals surface area contributed by atoms with Gasteiger partial charge in [-0.05, 0) is 72.6 Å². The van der Waals surface area contributed by atoms with Crippen LogP contribution in [0.4, 0.5) is 5.69 Å². The van der Waals surface area contributed by atoms with Gasteiger partial charge in [0.1, 0.15) is 0 Å². The molecule has 0 fully saturated rings. The van der Waals surface area contributed by atoms with E-state index in [2.05, 4.69) is 34.6 Å². The van der Waals surface area contributed by atoms with Crippen molar-refractivity contribution in [2.75, 3.05) is 11.1 Å². The summed E-state index contributed by atoms with van der Waals surface area (Å²) in [5.74, 6) is 0.738. The number of carbonyl (C=O) groups is 1. The van der Waals surface area contributed by atoms with Crippen LogP contribution in [0.5, 0.6) is 0 Å². The van der Waals surface area contributed by atoms with Crippen LogP contribution < -0.4 is 5.32 Å². The number of nitrogens with zero attached hydrogens (tertiary/aromatic N) is 3. The number of amides is 1. The highest BCUT2D eigenvalue weighted by molar-refractivity contribution is 7.99. The van der Waals surface area contributed by atoms with Gasteiger partial charge in [-0.2, -0.15) is 0 Å². The van der Waals surface area contributed by atoms with Crippen molar-refractivity contribution in [2.45, 2.75) is 18.5 Å². The van der Waals surface area contributed by atoms with Crippen LogP contribution in [0, 0.1) is 0 Å². The second-order valence-corrected chi connectivity index (χ2v) is 8.83. The predicted octanol–water partition coefficient (Wildman–Crippen LogP) is 6.53. The number of nitrogens with one attached hydrogen (secondary N) is 1. The molecule has 3 aromatic carbocycles. The first-order valence-electron chi connectivity index (χ1n) is 10.0. The van der Waals surface area contributed by atoms with Gasteiger partial charge >= 0.3 is 0 Å². The summed E-state index contributed by atoms with van der Waals surface area (Å²) in [7, 11) is 0. The quantitative estimate of drug-likeness (QED) is 0.304. The second-order valence-electron chi connectivity index (χ2n) is 7.01. The Morgan fingerprint density at radius 3 is 2.16 bits per heavy atom. The Bertz CT molecular complexity index is 1210. The summed E-state index contributed by atoms with van der Waals surface area (Å²) in [5.41, 5.74) is 3.75. The van der Waals surface area contributed by atoms with Gasteiger partial charge in [0.05, 0.1) is 5.75 Å². The van der Waals surface area contributed by atoms with Gasteiger partial charge in [0, 0.05) is 27.0 Å². The molecule has 0 saturated heterocycles. The number of thioether (sulfide) groups is 1. The third-order valence-corrected chi connectivity index (χ3v) is 6.23. The summed E-state index contributed by atoms with van der Waals surface area (Å²) in [6, 6.07) is 22.7. The second kappa shape index (κ2) is 10.2. The van der Waals surface area contributed by atoms with Crippen molar-refractivity contribution < 1.29 is 4.79 Å². The van der Waals surface area contributed by atoms with E-state index in [0.717, 1.165) is 17.7 Å². The van der Waals surface area contributed by atoms with Crippen LogP contribution in [0.3, 0.4) is 0 Å². The Morgan fingerprint density at radius 1 is 0.906 bits per heavy atom. The van der Waals surface area contributed by atoms with E-state index in [0.29, 0.717) is 26.7 Å². The highest BCUT2D eigenvalue weighted by Gasteiger charge is 2.17. The Hall–Kier alpha value is -2.80. The summed E-state index contributed by atoms with van der Waals surface area (Å²) >= 11 is 13.3. The number of carbonyl (C=O) groups excluding carboxylic acids is 1. The lowest BCUT2D eigenvalue weighted by Gasteiger charge is -2.11. The highest BCUT2D eigenvalue weighted by atomic mass is 35.5. The van der Waals surface area contributed by atoms with Gasteiger partial charge in [-0.15, -0.1) is 10.2 Å². The van der Waals surface area contributed by atoms with Crippen LogP contribution in [-0.2, 0) is 11.2 Å². The molecule has 1 aromatic heterocycles. The van der Waals surface area contributed by atoms with Crippen LogP contribution in [0.1, 0.15) is 12.5 Å². The topological polar surface area (TPSA) is 59.8 Å². The molecule has 0 aliphatic carbocycles. The van der Waals surface area contributed by atoms with Crippen LogP contribution in [0.25, 0.3) is 17.1 Å². The molecule has 0 atom stereocenters. The lowest BCUT2D eigenvalue weighted by atomic mass is 10.1. The van der Waals surface area contributed by atoms with Gasteiger partial charge in [0.2, 0.25) is 5.91 Å². The molecule has 0 spiro atoms. The summed E-state index contributed by atoms with van der Waals surface area (Å²) in [6.45, 7) is 2.12. The fraction of sp³-hybridized carbons (Fsp3) is 0.125. The molecular formula is C24H20Cl2N4OS. The van der Waals surface area contributed by atoms with E-state index in [4.69, 9.17) is 23.2 Å². The summed E-state index contributed by atoms with van der Waals surface area (Å²) in [5, 5.41) is 13.6. The number of rotatable bonds is 7. The monoisotopic (exact) mass is 482 g/mol. The average Bonchev–Trinajstić information content (AvgIpc) is 3.24. The average molecular weight is 483 g/mol. The van der Waals surface area contributed by atoms with Crippen LogP contribution in [-0.4, -0.2) is 26.4 Å². The van der Waals surface area contributed by atoms with Crippen molar-refractivity contribution in [3.05, 3.63) is 88.4 Å². The number of benzene rings is 3. The fourth-order valence-corrected chi connectivity index (χ4v) is 4.13. The van der Waals surface area contributed by atoms with Gasteiger partial charge < -0.3 is 5.32 Å². The Kier molecular flexibility index (Phi) is 7.15. The molecule has 0 saturated carbocycles. The first kappa shape index (κ1) is 22.4. The molecule has 1 amide bonds. The van der Waals surface area contributed by atoms with Gasteiger partial charge in [0.25, 0.3) is 0 Å². The highest BCUT2D eigenvalue weighted by Crippen LogP contribution is 2.29. The van der Waals surface area contributed by atoms with Crippen molar-refractivity contribution in [1.29, 1.82) is 0 Å². The fourth-order valence-electron chi connectivity index (χ4n) is 3.12. The third kappa shape index (κ3) is 5.33. The van der Waals surface area contributed by atoms with E-state index in [9.17, 15) is 4.79 Å². The molecule has 1 N–H and O–H groups in total. The number of aromatic nitrogens is 3. The zero-order chi connectivity index (χ0) is 22.5. The summed E-state index contributed by atoms with van der Waals surface area (Å²) in [6.07, 6.45) is 0.957. The molecule has 4 aromatic rings. The molecule has 0 aliphatic rings. The maximum absolute atomic E-state index is 12.5. The van der Waals surface area contributed by atoms with E-state index in [1.807, 2.05) is 41.0 Å². The molecule has 0 bridgehead atoms.